The fourth-order valence-corrected chi connectivity index (χ4v) is 3.13. The topological polar surface area (TPSA) is 79.9 Å². The van der Waals surface area contributed by atoms with Crippen molar-refractivity contribution in [2.45, 2.75) is 31.4 Å². The third kappa shape index (κ3) is 5.02. The van der Waals surface area contributed by atoms with Gasteiger partial charge in [0.05, 0.1) is 0 Å². The fraction of sp³-hybridized carbons (Fsp3) is 0.556. The van der Waals surface area contributed by atoms with Crippen molar-refractivity contribution >= 4 is 24.2 Å². The second kappa shape index (κ2) is 9.64. The maximum Gasteiger partial charge on any atom is 0.267 e. The van der Waals surface area contributed by atoms with Crippen molar-refractivity contribution in [2.24, 2.45) is 0 Å². The molecule has 2 aliphatic heterocycles. The highest BCUT2D eigenvalue weighted by Gasteiger charge is 2.33. The standard InChI is InChI=1S/C18H25N3O4.ClH/c1-19-9-6-17(22)20-13-7-10-21(11-8-13)18(23)16-12-24-14-4-2-3-5-15(14)25-16;/h2-5,13,16,19H,6-12H2,1H3,(H,20,22);1H. The van der Waals surface area contributed by atoms with Gasteiger partial charge in [-0.05, 0) is 32.0 Å². The number of carbonyl (C=O) groups excluding carboxylic acids is 2. The molecule has 144 valence electrons. The minimum absolute atomic E-state index is 0. The summed E-state index contributed by atoms with van der Waals surface area (Å²) >= 11 is 0. The first-order valence-electron chi connectivity index (χ1n) is 8.78. The van der Waals surface area contributed by atoms with Gasteiger partial charge in [0.15, 0.2) is 11.5 Å². The quantitative estimate of drug-likeness (QED) is 0.791. The maximum absolute atomic E-state index is 12.7. The van der Waals surface area contributed by atoms with Crippen LogP contribution in [0, 0.1) is 0 Å². The van der Waals surface area contributed by atoms with Gasteiger partial charge in [-0.2, -0.15) is 0 Å². The van der Waals surface area contributed by atoms with E-state index >= 15 is 0 Å². The number of para-hydroxylation sites is 2. The third-order valence-corrected chi connectivity index (χ3v) is 4.56. The summed E-state index contributed by atoms with van der Waals surface area (Å²) in [6.45, 7) is 2.15. The molecule has 2 heterocycles. The number of hydrogen-bond acceptors (Lipinski definition) is 5. The summed E-state index contributed by atoms with van der Waals surface area (Å²) in [6, 6.07) is 7.51. The first-order chi connectivity index (χ1) is 12.2. The Morgan fingerprint density at radius 2 is 1.88 bits per heavy atom. The molecule has 1 aromatic carbocycles. The van der Waals surface area contributed by atoms with Gasteiger partial charge in [0.1, 0.15) is 6.61 Å². The van der Waals surface area contributed by atoms with Crippen LogP contribution in [0.2, 0.25) is 0 Å². The molecule has 2 amide bonds. The van der Waals surface area contributed by atoms with E-state index in [1.807, 2.05) is 31.3 Å². The summed E-state index contributed by atoms with van der Waals surface area (Å²) in [5.41, 5.74) is 0. The summed E-state index contributed by atoms with van der Waals surface area (Å²) in [5.74, 6) is 1.29. The van der Waals surface area contributed by atoms with Crippen molar-refractivity contribution < 1.29 is 19.1 Å². The van der Waals surface area contributed by atoms with Gasteiger partial charge in [-0.1, -0.05) is 12.1 Å². The van der Waals surface area contributed by atoms with Crippen LogP contribution in [0.15, 0.2) is 24.3 Å². The van der Waals surface area contributed by atoms with E-state index in [0.29, 0.717) is 37.6 Å². The monoisotopic (exact) mass is 383 g/mol. The number of amides is 2. The number of likely N-dealkylation sites (tertiary alicyclic amines) is 1. The lowest BCUT2D eigenvalue weighted by Gasteiger charge is -2.35. The molecule has 1 aromatic rings. The lowest BCUT2D eigenvalue weighted by Crippen LogP contribution is -2.52. The molecule has 3 rings (SSSR count). The van der Waals surface area contributed by atoms with Crippen molar-refractivity contribution in [1.82, 2.24) is 15.5 Å². The average Bonchev–Trinajstić information content (AvgIpc) is 2.66. The normalized spacial score (nSPS) is 19.4. The van der Waals surface area contributed by atoms with E-state index in [1.165, 1.54) is 0 Å². The number of nitrogens with one attached hydrogen (secondary N) is 2. The molecule has 0 spiro atoms. The average molecular weight is 384 g/mol. The summed E-state index contributed by atoms with van der Waals surface area (Å²) in [4.78, 5) is 26.2. The minimum Gasteiger partial charge on any atom is -0.485 e. The van der Waals surface area contributed by atoms with Gasteiger partial charge < -0.3 is 25.0 Å². The van der Waals surface area contributed by atoms with E-state index in [9.17, 15) is 9.59 Å². The van der Waals surface area contributed by atoms with E-state index in [4.69, 9.17) is 9.47 Å². The lowest BCUT2D eigenvalue weighted by molar-refractivity contribution is -0.142. The molecule has 1 atom stereocenters. The predicted octanol–water partition coefficient (Wildman–Crippen LogP) is 0.965. The molecule has 2 aliphatic rings. The molecule has 7 nitrogen and oxygen atoms in total. The van der Waals surface area contributed by atoms with E-state index in [1.54, 1.807) is 4.90 Å². The Kier molecular flexibility index (Phi) is 7.53. The Labute approximate surface area is 159 Å². The summed E-state index contributed by atoms with van der Waals surface area (Å²) in [5, 5.41) is 5.99. The zero-order valence-electron chi connectivity index (χ0n) is 14.9. The van der Waals surface area contributed by atoms with Crippen LogP contribution in [-0.2, 0) is 9.59 Å². The van der Waals surface area contributed by atoms with Gasteiger partial charge in [0, 0.05) is 32.1 Å². The molecular formula is C18H26ClN3O4. The zero-order chi connectivity index (χ0) is 17.6. The van der Waals surface area contributed by atoms with Crippen molar-refractivity contribution in [3.63, 3.8) is 0 Å². The van der Waals surface area contributed by atoms with Crippen LogP contribution >= 0.6 is 12.4 Å². The molecule has 1 fully saturated rings. The molecule has 0 aliphatic carbocycles. The number of benzene rings is 1. The fourth-order valence-electron chi connectivity index (χ4n) is 3.13. The zero-order valence-corrected chi connectivity index (χ0v) is 15.7. The second-order valence-electron chi connectivity index (χ2n) is 6.38. The van der Waals surface area contributed by atoms with Gasteiger partial charge in [-0.15, -0.1) is 12.4 Å². The first kappa shape index (κ1) is 20.3. The van der Waals surface area contributed by atoms with Gasteiger partial charge in [0.2, 0.25) is 12.0 Å². The molecule has 8 heteroatoms. The lowest BCUT2D eigenvalue weighted by atomic mass is 10.0. The molecule has 2 N–H and O–H groups in total. The van der Waals surface area contributed by atoms with Crippen LogP contribution < -0.4 is 20.1 Å². The summed E-state index contributed by atoms with van der Waals surface area (Å²) < 4.78 is 11.4. The molecule has 0 radical (unpaired) electrons. The van der Waals surface area contributed by atoms with Crippen molar-refractivity contribution in [1.29, 1.82) is 0 Å². The first-order valence-corrected chi connectivity index (χ1v) is 8.78. The van der Waals surface area contributed by atoms with Gasteiger partial charge in [0.25, 0.3) is 5.91 Å². The molecule has 1 unspecified atom stereocenters. The second-order valence-corrected chi connectivity index (χ2v) is 6.38. The number of hydrogen-bond donors (Lipinski definition) is 2. The van der Waals surface area contributed by atoms with Crippen molar-refractivity contribution in [3.8, 4) is 11.5 Å². The van der Waals surface area contributed by atoms with E-state index in [2.05, 4.69) is 10.6 Å². The van der Waals surface area contributed by atoms with Crippen LogP contribution in [0.4, 0.5) is 0 Å². The number of halogens is 1. The Bertz CT molecular complexity index is 620. The molecule has 0 bridgehead atoms. The van der Waals surface area contributed by atoms with Gasteiger partial charge >= 0.3 is 0 Å². The van der Waals surface area contributed by atoms with Crippen molar-refractivity contribution in [2.75, 3.05) is 33.3 Å². The van der Waals surface area contributed by atoms with E-state index in [0.717, 1.165) is 12.8 Å². The minimum atomic E-state index is -0.600. The van der Waals surface area contributed by atoms with Crippen LogP contribution in [0.3, 0.4) is 0 Å². The van der Waals surface area contributed by atoms with E-state index < -0.39 is 6.10 Å². The number of piperidine rings is 1. The van der Waals surface area contributed by atoms with Crippen LogP contribution in [-0.4, -0.2) is 62.1 Å². The number of fused-ring (bicyclic) bond motifs is 1. The largest absolute Gasteiger partial charge is 0.485 e. The maximum atomic E-state index is 12.7. The Balaban J connectivity index is 0.00000243. The molecule has 0 saturated carbocycles. The summed E-state index contributed by atoms with van der Waals surface area (Å²) in [6.07, 6.45) is 1.40. The van der Waals surface area contributed by atoms with Crippen LogP contribution in [0.5, 0.6) is 11.5 Å². The summed E-state index contributed by atoms with van der Waals surface area (Å²) in [7, 11) is 1.83. The highest BCUT2D eigenvalue weighted by Crippen LogP contribution is 2.31. The molecule has 0 aromatic heterocycles. The molecular weight excluding hydrogens is 358 g/mol. The Morgan fingerprint density at radius 1 is 1.19 bits per heavy atom. The van der Waals surface area contributed by atoms with Crippen LogP contribution in [0.25, 0.3) is 0 Å². The number of nitrogens with zero attached hydrogens (tertiary/aromatic N) is 1. The van der Waals surface area contributed by atoms with Gasteiger partial charge in [-0.3, -0.25) is 9.59 Å². The Hall–Kier alpha value is -1.99. The highest BCUT2D eigenvalue weighted by atomic mass is 35.5. The third-order valence-electron chi connectivity index (χ3n) is 4.56. The molecule has 1 saturated heterocycles. The SMILES string of the molecule is CNCCC(=O)NC1CCN(C(=O)C2COc3ccccc3O2)CC1.Cl. The Morgan fingerprint density at radius 3 is 2.58 bits per heavy atom. The van der Waals surface area contributed by atoms with Gasteiger partial charge in [-0.25, -0.2) is 0 Å². The smallest absolute Gasteiger partial charge is 0.267 e. The van der Waals surface area contributed by atoms with Crippen LogP contribution in [0.1, 0.15) is 19.3 Å². The predicted molar refractivity (Wildman–Crippen MR) is 99.9 cm³/mol. The number of carbonyl (C=O) groups is 2. The number of rotatable bonds is 5. The van der Waals surface area contributed by atoms with Crippen molar-refractivity contribution in [3.05, 3.63) is 24.3 Å². The highest BCUT2D eigenvalue weighted by molar-refractivity contribution is 5.85. The van der Waals surface area contributed by atoms with E-state index in [-0.39, 0.29) is 36.9 Å². The number of ether oxygens (including phenoxy) is 2. The molecule has 26 heavy (non-hydrogen) atoms.